The Morgan fingerprint density at radius 1 is 0.444 bits per heavy atom. The molecule has 0 saturated heterocycles. The molecule has 2 aromatic rings. The van der Waals surface area contributed by atoms with Crippen LogP contribution in [0.2, 0.25) is 0 Å². The molecule has 289 valence electrons. The van der Waals surface area contributed by atoms with Gasteiger partial charge in [0.05, 0.1) is 71.8 Å². The summed E-state index contributed by atoms with van der Waals surface area (Å²) in [6.45, 7) is 18.6. The Morgan fingerprint density at radius 2 is 0.630 bits per heavy atom. The Morgan fingerprint density at radius 3 is 0.815 bits per heavy atom. The minimum absolute atomic E-state index is 0. The van der Waals surface area contributed by atoms with Crippen molar-refractivity contribution in [1.82, 2.24) is 31.2 Å². The fourth-order valence-electron chi connectivity index (χ4n) is 4.06. The van der Waals surface area contributed by atoms with Crippen molar-refractivity contribution in [2.45, 2.75) is 27.7 Å². The number of pyridine rings is 2. The summed E-state index contributed by atoms with van der Waals surface area (Å²) in [5.74, 6) is 0. The van der Waals surface area contributed by atoms with E-state index in [1.54, 1.807) is 0 Å². The normalized spacial score (nSPS) is 14.3. The van der Waals surface area contributed by atoms with Gasteiger partial charge in [0.25, 0.3) is 0 Å². The molecule has 0 spiro atoms. The van der Waals surface area contributed by atoms with Crippen LogP contribution >= 0.6 is 48.9 Å². The standard InChI is InChI=1S/2C15H23N5.4CNS.2Fe/c2*1-12-14-4-3-5-15(20-14)13(2)19-11-9-17-7-6-16-8-10-18-12;4*2-1-3;;/h2*3-5,16-17H,6-11H2,1-2H3;;;;;;/q;;4*-1;+3;+4. The molecular formula is C34H46Fe2N14S4+3. The molecule has 0 aromatic carbocycles. The smallest absolute Gasteiger partial charge is 0.753 e. The van der Waals surface area contributed by atoms with Gasteiger partial charge >= 0.3 is 34.1 Å². The van der Waals surface area contributed by atoms with Gasteiger partial charge in [-0.05, 0) is 52.0 Å². The second-order valence-corrected chi connectivity index (χ2v) is 10.8. The molecule has 0 amide bonds. The van der Waals surface area contributed by atoms with E-state index in [1.165, 1.54) is 20.6 Å². The van der Waals surface area contributed by atoms with Crippen molar-refractivity contribution in [2.24, 2.45) is 20.0 Å². The van der Waals surface area contributed by atoms with Crippen molar-refractivity contribution in [3.63, 3.8) is 0 Å². The number of aromatic nitrogens is 2. The van der Waals surface area contributed by atoms with Gasteiger partial charge in [-0.3, -0.25) is 20.0 Å². The molecule has 2 aliphatic rings. The van der Waals surface area contributed by atoms with Gasteiger partial charge in [0.15, 0.2) is 0 Å². The van der Waals surface area contributed by atoms with Crippen LogP contribution < -0.4 is 21.3 Å². The summed E-state index contributed by atoms with van der Waals surface area (Å²) in [4.78, 5) is 27.5. The van der Waals surface area contributed by atoms with Gasteiger partial charge in [-0.2, -0.15) is 20.6 Å². The zero-order valence-electron chi connectivity index (χ0n) is 30.8. The van der Waals surface area contributed by atoms with E-state index in [9.17, 15) is 0 Å². The van der Waals surface area contributed by atoms with Crippen LogP contribution in [0.5, 0.6) is 0 Å². The van der Waals surface area contributed by atoms with Crippen LogP contribution in [0.4, 0.5) is 0 Å². The Bertz CT molecular complexity index is 1340. The molecule has 0 fully saturated rings. The summed E-state index contributed by atoms with van der Waals surface area (Å²) < 4.78 is 0. The summed E-state index contributed by atoms with van der Waals surface area (Å²) >= 11 is 14.8. The van der Waals surface area contributed by atoms with Gasteiger partial charge in [-0.1, -0.05) is 61.0 Å². The summed E-state index contributed by atoms with van der Waals surface area (Å²) in [6, 6.07) is 12.0. The Labute approximate surface area is 362 Å². The predicted octanol–water partition coefficient (Wildman–Crippen LogP) is 4.41. The molecule has 4 heterocycles. The summed E-state index contributed by atoms with van der Waals surface area (Å²) in [5.41, 5.74) is 7.66. The molecule has 0 atom stereocenters. The molecule has 14 nitrogen and oxygen atoms in total. The second kappa shape index (κ2) is 42.8. The maximum Gasteiger partial charge on any atom is 4.00 e. The molecule has 4 N–H and O–H groups in total. The van der Waals surface area contributed by atoms with Gasteiger partial charge in [0.1, 0.15) is 0 Å². The average molecular weight is 891 g/mol. The fraction of sp³-hybridized carbons (Fsp3) is 0.471. The fourth-order valence-corrected chi connectivity index (χ4v) is 4.06. The van der Waals surface area contributed by atoms with Crippen LogP contribution in [0.25, 0.3) is 21.6 Å². The van der Waals surface area contributed by atoms with Crippen LogP contribution in [0.1, 0.15) is 50.5 Å². The van der Waals surface area contributed by atoms with Gasteiger partial charge in [-0.15, -0.1) is 0 Å². The quantitative estimate of drug-likeness (QED) is 0.166. The van der Waals surface area contributed by atoms with Crippen molar-refractivity contribution in [2.75, 3.05) is 78.5 Å². The average Bonchev–Trinajstić information content (AvgIpc) is 3.14. The minimum atomic E-state index is 0. The number of aliphatic imine (C=N–C) groups is 4. The summed E-state index contributed by atoms with van der Waals surface area (Å²) in [7, 11) is 0. The van der Waals surface area contributed by atoms with Crippen molar-refractivity contribution < 1.29 is 34.1 Å². The molecule has 20 heteroatoms. The van der Waals surface area contributed by atoms with E-state index in [2.05, 4.69) is 100 Å². The molecule has 0 unspecified atom stereocenters. The Hall–Kier alpha value is -2.94. The Kier molecular flexibility index (Phi) is 45.8. The molecule has 4 rings (SSSR count). The minimum Gasteiger partial charge on any atom is -0.753 e. The Balaban J connectivity index is -0.000000348. The summed E-state index contributed by atoms with van der Waals surface area (Å²) in [6.07, 6.45) is 0. The third kappa shape index (κ3) is 32.5. The molecule has 4 bridgehead atoms. The van der Waals surface area contributed by atoms with Crippen molar-refractivity contribution in [3.05, 3.63) is 80.8 Å². The molecule has 0 aliphatic carbocycles. The first-order valence-electron chi connectivity index (χ1n) is 16.1. The van der Waals surface area contributed by atoms with Crippen LogP contribution in [0, 0.1) is 0 Å². The molecule has 2 aliphatic heterocycles. The van der Waals surface area contributed by atoms with E-state index < -0.39 is 0 Å². The maximum absolute atomic E-state index is 7.13. The monoisotopic (exact) mass is 890 g/mol. The van der Waals surface area contributed by atoms with Gasteiger partial charge in [0, 0.05) is 52.4 Å². The van der Waals surface area contributed by atoms with E-state index in [0.29, 0.717) is 0 Å². The number of thiocarbonyl (C=S) groups is 4. The molecule has 54 heavy (non-hydrogen) atoms. The van der Waals surface area contributed by atoms with Crippen molar-refractivity contribution in [1.29, 1.82) is 0 Å². The van der Waals surface area contributed by atoms with Crippen molar-refractivity contribution >= 4 is 92.4 Å². The number of nitrogens with zero attached hydrogens (tertiary/aromatic N) is 10. The first-order valence-corrected chi connectivity index (χ1v) is 17.7. The molecule has 0 saturated carbocycles. The number of rotatable bonds is 0. The predicted molar refractivity (Wildman–Crippen MR) is 232 cm³/mol. The number of fused-ring (bicyclic) bond motifs is 4. The first kappa shape index (κ1) is 57.8. The molecule has 2 aromatic heterocycles. The third-order valence-corrected chi connectivity index (χ3v) is 6.49. The molecule has 1 radical (unpaired) electrons. The number of nitrogens with one attached hydrogen (secondary N) is 4. The number of hydrogen-bond acceptors (Lipinski definition) is 14. The van der Waals surface area contributed by atoms with E-state index in [-0.39, 0.29) is 34.1 Å². The molecular weight excluding hydrogens is 844 g/mol. The second-order valence-electron chi connectivity index (χ2n) is 10.0. The zero-order valence-corrected chi connectivity index (χ0v) is 36.2. The summed E-state index contributed by atoms with van der Waals surface area (Å²) in [5, 5.41) is 47.3. The van der Waals surface area contributed by atoms with Gasteiger partial charge in [0.2, 0.25) is 0 Å². The van der Waals surface area contributed by atoms with E-state index in [0.717, 1.165) is 124 Å². The maximum atomic E-state index is 7.13. The number of hydrogen-bond donors (Lipinski definition) is 4. The topological polar surface area (TPSA) is 213 Å². The van der Waals surface area contributed by atoms with E-state index in [1.807, 2.05) is 64.1 Å². The van der Waals surface area contributed by atoms with Crippen LogP contribution in [0.3, 0.4) is 0 Å². The zero-order chi connectivity index (χ0) is 39.2. The van der Waals surface area contributed by atoms with Crippen LogP contribution in [-0.2, 0) is 34.1 Å². The third-order valence-electron chi connectivity index (χ3n) is 6.49. The van der Waals surface area contributed by atoms with E-state index >= 15 is 0 Å². The van der Waals surface area contributed by atoms with E-state index in [4.69, 9.17) is 21.6 Å². The number of isothiocyanates is 4. The van der Waals surface area contributed by atoms with Crippen molar-refractivity contribution in [3.8, 4) is 0 Å². The van der Waals surface area contributed by atoms with Crippen LogP contribution in [0.15, 0.2) is 56.4 Å². The van der Waals surface area contributed by atoms with Crippen LogP contribution in [-0.4, -0.2) is 132 Å². The SMILES string of the molecule is CC1=NCCNCCNCCN=C(C)c2cccc1n2.CC1=NCCNCCNCCN=C(C)c2cccc1n2.[Fe+3].[Fe+4].[N-]=C=S.[N-]=C=S.[N-]=C=S.[N-]=C=S. The van der Waals surface area contributed by atoms with Gasteiger partial charge < -0.3 is 42.9 Å². The largest absolute Gasteiger partial charge is 4.00 e. The van der Waals surface area contributed by atoms with Gasteiger partial charge in [-0.25, -0.2) is 9.97 Å². The first-order chi connectivity index (χ1) is 25.2.